The molecule has 0 saturated carbocycles. The van der Waals surface area contributed by atoms with Gasteiger partial charge in [-0.15, -0.1) is 10.2 Å². The minimum absolute atomic E-state index is 0.0332. The molecule has 4 rings (SSSR count). The van der Waals surface area contributed by atoms with E-state index in [0.29, 0.717) is 0 Å². The van der Waals surface area contributed by atoms with Crippen LogP contribution in [-0.2, 0) is 24.2 Å². The van der Waals surface area contributed by atoms with Crippen LogP contribution in [0.2, 0.25) is 0 Å². The number of pyridine rings is 1. The molecule has 2 aromatic rings. The van der Waals surface area contributed by atoms with Crippen molar-refractivity contribution in [2.75, 3.05) is 26.7 Å². The molecule has 0 aromatic carbocycles. The summed E-state index contributed by atoms with van der Waals surface area (Å²) in [5, 5.41) is 8.79. The fraction of sp³-hybridized carbons (Fsp3) is 0.600. The van der Waals surface area contributed by atoms with Crippen molar-refractivity contribution in [3.63, 3.8) is 0 Å². The van der Waals surface area contributed by atoms with Gasteiger partial charge in [-0.3, -0.25) is 14.7 Å². The van der Waals surface area contributed by atoms with Gasteiger partial charge in [0, 0.05) is 44.9 Å². The van der Waals surface area contributed by atoms with Gasteiger partial charge in [-0.05, 0) is 38.1 Å². The molecule has 2 aliphatic heterocycles. The predicted octanol–water partition coefficient (Wildman–Crippen LogP) is 1.52. The van der Waals surface area contributed by atoms with Crippen LogP contribution in [0.25, 0.3) is 0 Å². The zero-order valence-electron chi connectivity index (χ0n) is 16.0. The number of likely N-dealkylation sites (tertiary alicyclic amines) is 1. The van der Waals surface area contributed by atoms with E-state index in [1.54, 1.807) is 6.20 Å². The lowest BCUT2D eigenvalue weighted by Gasteiger charge is -2.30. The third kappa shape index (κ3) is 4.03. The van der Waals surface area contributed by atoms with Crippen LogP contribution in [0.3, 0.4) is 0 Å². The van der Waals surface area contributed by atoms with Gasteiger partial charge in [-0.1, -0.05) is 18.9 Å². The number of carbonyl (C=O) groups is 1. The Morgan fingerprint density at radius 2 is 2.07 bits per heavy atom. The predicted molar refractivity (Wildman–Crippen MR) is 102 cm³/mol. The summed E-state index contributed by atoms with van der Waals surface area (Å²) in [6, 6.07) is 4.03. The van der Waals surface area contributed by atoms with Crippen LogP contribution in [0.1, 0.15) is 42.9 Å². The molecule has 4 heterocycles. The number of carbonyl (C=O) groups excluding carboxylic acids is 1. The lowest BCUT2D eigenvalue weighted by molar-refractivity contribution is -0.136. The minimum atomic E-state index is 0.0332. The lowest BCUT2D eigenvalue weighted by Crippen LogP contribution is -2.47. The first-order valence-corrected chi connectivity index (χ1v) is 10.0. The van der Waals surface area contributed by atoms with Gasteiger partial charge in [0.1, 0.15) is 11.6 Å². The van der Waals surface area contributed by atoms with Crippen molar-refractivity contribution in [2.45, 2.75) is 51.1 Å². The van der Waals surface area contributed by atoms with E-state index in [1.807, 2.05) is 17.2 Å². The van der Waals surface area contributed by atoms with Crippen LogP contribution < -0.4 is 0 Å². The average Bonchev–Trinajstić information content (AvgIpc) is 2.85. The molecule has 0 unspecified atom stereocenters. The highest BCUT2D eigenvalue weighted by molar-refractivity contribution is 5.82. The van der Waals surface area contributed by atoms with E-state index in [-0.39, 0.29) is 11.9 Å². The molecule has 1 atom stereocenters. The maximum absolute atomic E-state index is 13.1. The monoisotopic (exact) mass is 368 g/mol. The summed E-state index contributed by atoms with van der Waals surface area (Å²) in [6.45, 7) is 3.24. The average molecular weight is 368 g/mol. The minimum Gasteiger partial charge on any atom is -0.339 e. The summed E-state index contributed by atoms with van der Waals surface area (Å²) in [5.74, 6) is 2.23. The molecule has 2 aliphatic rings. The number of fused-ring (bicyclic) bond motifs is 1. The Bertz CT molecular complexity index is 774. The number of rotatable bonds is 3. The van der Waals surface area contributed by atoms with Crippen LogP contribution >= 0.6 is 0 Å². The highest BCUT2D eigenvalue weighted by Gasteiger charge is 2.30. The molecule has 0 bridgehead atoms. The van der Waals surface area contributed by atoms with Crippen LogP contribution in [0, 0.1) is 0 Å². The molecule has 0 spiro atoms. The largest absolute Gasteiger partial charge is 0.339 e. The lowest BCUT2D eigenvalue weighted by atomic mass is 10.1. The van der Waals surface area contributed by atoms with Gasteiger partial charge in [-0.2, -0.15) is 0 Å². The van der Waals surface area contributed by atoms with E-state index in [0.717, 1.165) is 69.1 Å². The smallest absolute Gasteiger partial charge is 0.239 e. The number of aromatic nitrogens is 4. The number of nitrogens with zero attached hydrogens (tertiary/aromatic N) is 6. The molecule has 7 nitrogen and oxygen atoms in total. The van der Waals surface area contributed by atoms with Crippen molar-refractivity contribution >= 4 is 5.91 Å². The maximum atomic E-state index is 13.1. The van der Waals surface area contributed by atoms with Gasteiger partial charge >= 0.3 is 0 Å². The third-order valence-corrected chi connectivity index (χ3v) is 5.81. The highest BCUT2D eigenvalue weighted by atomic mass is 16.2. The zero-order valence-corrected chi connectivity index (χ0v) is 16.0. The second-order valence-electron chi connectivity index (χ2n) is 7.64. The molecule has 1 amide bonds. The normalized spacial score (nSPS) is 21.4. The first kappa shape index (κ1) is 18.1. The SMILES string of the molecule is CN1CCCCC[C@H]1C(=O)N1CCc2nnc(Cc3cccnc3)n2CC1. The van der Waals surface area contributed by atoms with Crippen molar-refractivity contribution < 1.29 is 4.79 Å². The fourth-order valence-electron chi connectivity index (χ4n) is 4.19. The van der Waals surface area contributed by atoms with E-state index in [9.17, 15) is 4.79 Å². The number of likely N-dealkylation sites (N-methyl/N-ethyl adjacent to an activating group) is 1. The van der Waals surface area contributed by atoms with Crippen molar-refractivity contribution in [3.05, 3.63) is 41.7 Å². The first-order chi connectivity index (χ1) is 13.2. The fourth-order valence-corrected chi connectivity index (χ4v) is 4.19. The van der Waals surface area contributed by atoms with E-state index < -0.39 is 0 Å². The molecule has 1 fully saturated rings. The van der Waals surface area contributed by atoms with Crippen molar-refractivity contribution in [3.8, 4) is 0 Å². The van der Waals surface area contributed by atoms with Gasteiger partial charge in [0.15, 0.2) is 0 Å². The van der Waals surface area contributed by atoms with Crippen molar-refractivity contribution in [2.24, 2.45) is 0 Å². The zero-order chi connectivity index (χ0) is 18.6. The molecule has 1 saturated heterocycles. The highest BCUT2D eigenvalue weighted by Crippen LogP contribution is 2.19. The van der Waals surface area contributed by atoms with E-state index in [1.165, 1.54) is 12.8 Å². The molecule has 0 radical (unpaired) electrons. The number of hydrogen-bond acceptors (Lipinski definition) is 5. The number of hydrogen-bond donors (Lipinski definition) is 0. The Balaban J connectivity index is 1.45. The first-order valence-electron chi connectivity index (χ1n) is 10.0. The van der Waals surface area contributed by atoms with Crippen molar-refractivity contribution in [1.82, 2.24) is 29.5 Å². The van der Waals surface area contributed by atoms with Gasteiger partial charge in [0.05, 0.1) is 6.04 Å². The Kier molecular flexibility index (Phi) is 5.48. The topological polar surface area (TPSA) is 67.2 Å². The molecule has 0 aliphatic carbocycles. The Morgan fingerprint density at radius 1 is 1.15 bits per heavy atom. The summed E-state index contributed by atoms with van der Waals surface area (Å²) in [5.41, 5.74) is 1.13. The Morgan fingerprint density at radius 3 is 2.93 bits per heavy atom. The summed E-state index contributed by atoms with van der Waals surface area (Å²) in [7, 11) is 2.09. The second-order valence-corrected chi connectivity index (χ2v) is 7.64. The summed E-state index contributed by atoms with van der Waals surface area (Å²) < 4.78 is 2.19. The van der Waals surface area contributed by atoms with E-state index in [2.05, 4.69) is 37.8 Å². The molecular weight excluding hydrogens is 340 g/mol. The number of amides is 1. The third-order valence-electron chi connectivity index (χ3n) is 5.81. The molecule has 0 N–H and O–H groups in total. The Labute approximate surface area is 160 Å². The molecule has 27 heavy (non-hydrogen) atoms. The summed E-state index contributed by atoms with van der Waals surface area (Å²) in [6.07, 6.45) is 9.69. The van der Waals surface area contributed by atoms with Crippen LogP contribution in [-0.4, -0.2) is 68.2 Å². The van der Waals surface area contributed by atoms with Gasteiger partial charge in [-0.25, -0.2) is 0 Å². The molecular formula is C20H28N6O. The maximum Gasteiger partial charge on any atom is 0.239 e. The standard InChI is InChI=1S/C20H28N6O/c1-24-10-4-2-3-7-17(24)20(27)25-11-8-18-22-23-19(26(18)13-12-25)14-16-6-5-9-21-15-16/h5-6,9,15,17H,2-4,7-8,10-14H2,1H3/t17-/m0/s1. The van der Waals surface area contributed by atoms with E-state index >= 15 is 0 Å². The molecule has 7 heteroatoms. The van der Waals surface area contributed by atoms with Crippen molar-refractivity contribution in [1.29, 1.82) is 0 Å². The van der Waals surface area contributed by atoms with Crippen LogP contribution in [0.15, 0.2) is 24.5 Å². The van der Waals surface area contributed by atoms with Crippen LogP contribution in [0.5, 0.6) is 0 Å². The molecule has 144 valence electrons. The summed E-state index contributed by atoms with van der Waals surface area (Å²) >= 11 is 0. The van der Waals surface area contributed by atoms with Gasteiger partial charge < -0.3 is 9.47 Å². The summed E-state index contributed by atoms with van der Waals surface area (Å²) in [4.78, 5) is 21.6. The Hall–Kier alpha value is -2.28. The van der Waals surface area contributed by atoms with Gasteiger partial charge in [0.2, 0.25) is 5.91 Å². The van der Waals surface area contributed by atoms with Gasteiger partial charge in [0.25, 0.3) is 0 Å². The second kappa shape index (κ2) is 8.17. The molecule has 2 aromatic heterocycles. The van der Waals surface area contributed by atoms with E-state index in [4.69, 9.17) is 0 Å². The quantitative estimate of drug-likeness (QED) is 0.822. The van der Waals surface area contributed by atoms with Crippen LogP contribution in [0.4, 0.5) is 0 Å².